The molecular weight excluding hydrogens is 491 g/mol. The van der Waals surface area contributed by atoms with E-state index < -0.39 is 17.7 Å². The van der Waals surface area contributed by atoms with Gasteiger partial charge in [-0.15, -0.1) is 0 Å². The molecule has 1 aromatic carbocycles. The number of halogens is 2. The number of aliphatic hydroxyl groups is 1. The van der Waals surface area contributed by atoms with Crippen molar-refractivity contribution >= 4 is 40.4 Å². The molecule has 10 nitrogen and oxygen atoms in total. The number of hydrogen-bond donors (Lipinski definition) is 2. The number of morpholine rings is 1. The highest BCUT2D eigenvalue weighted by atomic mass is 35.5. The lowest BCUT2D eigenvalue weighted by molar-refractivity contribution is -0.0159. The minimum atomic E-state index is -1.61. The van der Waals surface area contributed by atoms with Crippen LogP contribution in [0.2, 0.25) is 5.02 Å². The molecule has 0 spiro atoms. The Bertz CT molecular complexity index is 1330. The maximum Gasteiger partial charge on any atom is 0.261 e. The molecule has 0 bridgehead atoms. The van der Waals surface area contributed by atoms with Crippen LogP contribution in [0.4, 0.5) is 15.8 Å². The molecule has 2 amide bonds. The van der Waals surface area contributed by atoms with Gasteiger partial charge in [-0.2, -0.15) is 5.10 Å². The van der Waals surface area contributed by atoms with E-state index in [1.165, 1.54) is 35.7 Å². The van der Waals surface area contributed by atoms with Crippen LogP contribution < -0.4 is 10.2 Å². The Hall–Kier alpha value is -3.28. The van der Waals surface area contributed by atoms with E-state index in [0.29, 0.717) is 59.5 Å². The van der Waals surface area contributed by atoms with Crippen molar-refractivity contribution in [3.63, 3.8) is 0 Å². The van der Waals surface area contributed by atoms with Gasteiger partial charge in [-0.1, -0.05) is 11.6 Å². The smallest absolute Gasteiger partial charge is 0.261 e. The minimum Gasteiger partial charge on any atom is -0.387 e. The molecule has 2 aromatic heterocycles. The zero-order valence-electron chi connectivity index (χ0n) is 19.9. The summed E-state index contributed by atoms with van der Waals surface area (Å²) < 4.78 is 21.4. The Balaban J connectivity index is 1.47. The lowest BCUT2D eigenvalue weighted by Gasteiger charge is -2.31. The summed E-state index contributed by atoms with van der Waals surface area (Å²) in [7, 11) is 0. The normalized spacial score (nSPS) is 17.0. The maximum absolute atomic E-state index is 14.5. The molecule has 1 saturated heterocycles. The number of amides is 2. The van der Waals surface area contributed by atoms with Gasteiger partial charge in [0.2, 0.25) is 0 Å². The third kappa shape index (κ3) is 4.61. The molecule has 0 saturated carbocycles. The summed E-state index contributed by atoms with van der Waals surface area (Å²) in [5, 5.41) is 17.5. The van der Waals surface area contributed by atoms with E-state index in [1.54, 1.807) is 18.3 Å². The van der Waals surface area contributed by atoms with E-state index in [-0.39, 0.29) is 24.6 Å². The van der Waals surface area contributed by atoms with Gasteiger partial charge < -0.3 is 25.0 Å². The molecule has 5 rings (SSSR count). The van der Waals surface area contributed by atoms with Crippen LogP contribution in [-0.4, -0.2) is 81.0 Å². The van der Waals surface area contributed by atoms with Crippen molar-refractivity contribution < 1.29 is 23.8 Å². The first-order valence-corrected chi connectivity index (χ1v) is 11.9. The zero-order chi connectivity index (χ0) is 25.6. The summed E-state index contributed by atoms with van der Waals surface area (Å²) in [5.41, 5.74) is 1.36. The molecule has 2 aliphatic rings. The average molecular weight is 517 g/mol. The quantitative estimate of drug-likeness (QED) is 0.517. The van der Waals surface area contributed by atoms with Crippen molar-refractivity contribution in [2.24, 2.45) is 0 Å². The number of nitrogens with zero attached hydrogens (tertiary/aromatic N) is 5. The van der Waals surface area contributed by atoms with Gasteiger partial charge in [-0.05, 0) is 31.5 Å². The van der Waals surface area contributed by atoms with Gasteiger partial charge in [0.05, 0.1) is 54.2 Å². The van der Waals surface area contributed by atoms with Gasteiger partial charge in [0.1, 0.15) is 11.7 Å². The van der Waals surface area contributed by atoms with Crippen molar-refractivity contribution in [3.8, 4) is 0 Å². The highest BCUT2D eigenvalue weighted by Crippen LogP contribution is 2.36. The van der Waals surface area contributed by atoms with E-state index in [1.807, 2.05) is 4.90 Å². The van der Waals surface area contributed by atoms with Crippen molar-refractivity contribution in [1.82, 2.24) is 19.5 Å². The summed E-state index contributed by atoms with van der Waals surface area (Å²) in [5.74, 6) is -0.727. The van der Waals surface area contributed by atoms with Crippen LogP contribution in [0.15, 0.2) is 30.7 Å². The number of aromatic nitrogens is 3. The molecular formula is C24H26ClFN6O4. The predicted molar refractivity (Wildman–Crippen MR) is 131 cm³/mol. The van der Waals surface area contributed by atoms with Crippen LogP contribution in [0, 0.1) is 0 Å². The van der Waals surface area contributed by atoms with E-state index in [2.05, 4.69) is 15.4 Å². The van der Waals surface area contributed by atoms with E-state index in [0.717, 1.165) is 0 Å². The minimum absolute atomic E-state index is 0.174. The summed E-state index contributed by atoms with van der Waals surface area (Å²) in [4.78, 5) is 34.0. The molecule has 2 aliphatic heterocycles. The largest absolute Gasteiger partial charge is 0.387 e. The molecule has 0 radical (unpaired) electrons. The molecule has 190 valence electrons. The zero-order valence-corrected chi connectivity index (χ0v) is 20.6. The van der Waals surface area contributed by atoms with Crippen LogP contribution in [0.3, 0.4) is 0 Å². The van der Waals surface area contributed by atoms with E-state index >= 15 is 0 Å². The molecule has 1 atom stereocenters. The molecule has 2 N–H and O–H groups in total. The number of benzene rings is 1. The summed E-state index contributed by atoms with van der Waals surface area (Å²) >= 11 is 5.97. The van der Waals surface area contributed by atoms with Crippen molar-refractivity contribution in [1.29, 1.82) is 0 Å². The topological polar surface area (TPSA) is 112 Å². The van der Waals surface area contributed by atoms with Crippen LogP contribution in [-0.2, 0) is 11.3 Å². The Morgan fingerprint density at radius 2 is 2.06 bits per heavy atom. The molecule has 4 heterocycles. The fourth-order valence-electron chi connectivity index (χ4n) is 4.34. The van der Waals surface area contributed by atoms with Gasteiger partial charge in [0, 0.05) is 31.4 Å². The van der Waals surface area contributed by atoms with Gasteiger partial charge >= 0.3 is 0 Å². The number of alkyl halides is 1. The van der Waals surface area contributed by atoms with Gasteiger partial charge in [-0.3, -0.25) is 9.59 Å². The van der Waals surface area contributed by atoms with Crippen molar-refractivity contribution in [3.05, 3.63) is 52.4 Å². The molecule has 0 unspecified atom stereocenters. The van der Waals surface area contributed by atoms with E-state index in [9.17, 15) is 19.1 Å². The second-order valence-electron chi connectivity index (χ2n) is 9.49. The average Bonchev–Trinajstić information content (AvgIpc) is 3.39. The van der Waals surface area contributed by atoms with Crippen LogP contribution in [0.1, 0.15) is 40.1 Å². The number of carbonyl (C=O) groups is 2. The number of rotatable bonds is 6. The number of nitrogens with one attached hydrogen (secondary N) is 1. The lowest BCUT2D eigenvalue weighted by Crippen LogP contribution is -2.42. The molecule has 3 aromatic rings. The highest BCUT2D eigenvalue weighted by molar-refractivity contribution is 6.30. The van der Waals surface area contributed by atoms with Gasteiger partial charge in [-0.25, -0.2) is 13.9 Å². The van der Waals surface area contributed by atoms with Crippen LogP contribution in [0.5, 0.6) is 0 Å². The standard InChI is InChI=1S/C24H26ClFN6O4/c1-24(2,35)20(26)13-31-11-14-7-18(19(8-16(14)23(31)34)30-3-5-36-6-4-30)29-22(33)17-10-28-32-12-15(25)9-27-21(17)32/h7-10,12,20,35H,3-6,11,13H2,1-2H3,(H,29,33)/t20-/m1/s1. The van der Waals surface area contributed by atoms with Crippen molar-refractivity contribution in [2.75, 3.05) is 43.1 Å². The second-order valence-corrected chi connectivity index (χ2v) is 9.92. The maximum atomic E-state index is 14.5. The van der Waals surface area contributed by atoms with Crippen LogP contribution in [0.25, 0.3) is 5.65 Å². The second kappa shape index (κ2) is 9.30. The number of carbonyl (C=O) groups excluding carboxylic acids is 2. The third-order valence-corrected chi connectivity index (χ3v) is 6.61. The van der Waals surface area contributed by atoms with Crippen LogP contribution >= 0.6 is 11.6 Å². The summed E-state index contributed by atoms with van der Waals surface area (Å²) in [6.45, 7) is 4.88. The fourth-order valence-corrected chi connectivity index (χ4v) is 4.48. The summed E-state index contributed by atoms with van der Waals surface area (Å²) in [6, 6.07) is 3.49. The first-order valence-electron chi connectivity index (χ1n) is 11.6. The molecule has 1 fully saturated rings. The fraction of sp³-hybridized carbons (Fsp3) is 0.417. The SMILES string of the molecule is CC(C)(O)[C@H](F)CN1Cc2cc(NC(=O)c3cnn4cc(Cl)cnc34)c(N3CCOCC3)cc2C1=O. The number of ether oxygens (including phenoxy) is 1. The molecule has 0 aliphatic carbocycles. The number of anilines is 2. The molecule has 12 heteroatoms. The van der Waals surface area contributed by atoms with Gasteiger partial charge in [0.15, 0.2) is 5.65 Å². The Morgan fingerprint density at radius 1 is 1.31 bits per heavy atom. The Labute approximate surface area is 211 Å². The Morgan fingerprint density at radius 3 is 2.78 bits per heavy atom. The number of hydrogen-bond acceptors (Lipinski definition) is 7. The first kappa shape index (κ1) is 24.4. The predicted octanol–water partition coefficient (Wildman–Crippen LogP) is 2.54. The monoisotopic (exact) mass is 516 g/mol. The third-order valence-electron chi connectivity index (χ3n) is 6.42. The van der Waals surface area contributed by atoms with E-state index in [4.69, 9.17) is 16.3 Å². The first-order chi connectivity index (χ1) is 17.1. The lowest BCUT2D eigenvalue weighted by atomic mass is 10.0. The number of fused-ring (bicyclic) bond motifs is 2. The Kier molecular flexibility index (Phi) is 6.31. The van der Waals surface area contributed by atoms with Gasteiger partial charge in [0.25, 0.3) is 11.8 Å². The molecule has 36 heavy (non-hydrogen) atoms. The van der Waals surface area contributed by atoms with Crippen molar-refractivity contribution in [2.45, 2.75) is 32.2 Å². The summed E-state index contributed by atoms with van der Waals surface area (Å²) in [6.07, 6.45) is 2.81. The highest BCUT2D eigenvalue weighted by Gasteiger charge is 2.35.